The van der Waals surface area contributed by atoms with Crippen LogP contribution in [0.5, 0.6) is 11.5 Å². The van der Waals surface area contributed by atoms with E-state index in [1.165, 1.54) is 7.11 Å². The standard InChI is InChI=1S/C19H19NO6/c1-4-24-18(21)16-14(11-6-5-7-12(9-11)23-3)15-13(26-17(16)20)8-10(2)25-19(15)22/h5-9,14H,4,20H2,1-3H3. The van der Waals surface area contributed by atoms with Crippen molar-refractivity contribution in [1.29, 1.82) is 0 Å². The van der Waals surface area contributed by atoms with Crippen LogP contribution < -0.4 is 20.8 Å². The van der Waals surface area contributed by atoms with Crippen LogP contribution in [-0.4, -0.2) is 19.7 Å². The van der Waals surface area contributed by atoms with E-state index in [1.54, 1.807) is 44.2 Å². The summed E-state index contributed by atoms with van der Waals surface area (Å²) >= 11 is 0. The zero-order valence-corrected chi connectivity index (χ0v) is 14.7. The molecule has 1 aliphatic rings. The minimum Gasteiger partial charge on any atom is -0.497 e. The fourth-order valence-corrected chi connectivity index (χ4v) is 2.98. The topological polar surface area (TPSA) is 101 Å². The molecule has 2 aromatic rings. The highest BCUT2D eigenvalue weighted by Crippen LogP contribution is 2.41. The Balaban J connectivity index is 2.27. The molecule has 0 radical (unpaired) electrons. The minimum atomic E-state index is -0.787. The fourth-order valence-electron chi connectivity index (χ4n) is 2.98. The van der Waals surface area contributed by atoms with Crippen molar-refractivity contribution in [2.75, 3.05) is 13.7 Å². The summed E-state index contributed by atoms with van der Waals surface area (Å²) in [7, 11) is 1.53. The number of fused-ring (bicyclic) bond motifs is 1. The number of nitrogens with two attached hydrogens (primary N) is 1. The molecule has 0 saturated carbocycles. The van der Waals surface area contributed by atoms with E-state index in [0.717, 1.165) is 0 Å². The Hall–Kier alpha value is -3.22. The molecular formula is C19H19NO6. The predicted octanol–water partition coefficient (Wildman–Crippen LogP) is 2.21. The van der Waals surface area contributed by atoms with Gasteiger partial charge < -0.3 is 24.4 Å². The maximum atomic E-state index is 12.6. The van der Waals surface area contributed by atoms with Gasteiger partial charge >= 0.3 is 11.6 Å². The lowest BCUT2D eigenvalue weighted by atomic mass is 9.83. The molecule has 1 unspecified atom stereocenters. The Morgan fingerprint density at radius 2 is 2.08 bits per heavy atom. The fraction of sp³-hybridized carbons (Fsp3) is 0.263. The van der Waals surface area contributed by atoms with Gasteiger partial charge in [-0.15, -0.1) is 0 Å². The molecular weight excluding hydrogens is 338 g/mol. The highest BCUT2D eigenvalue weighted by Gasteiger charge is 2.38. The van der Waals surface area contributed by atoms with Crippen LogP contribution in [0.3, 0.4) is 0 Å². The van der Waals surface area contributed by atoms with E-state index in [0.29, 0.717) is 17.1 Å². The van der Waals surface area contributed by atoms with Crippen LogP contribution >= 0.6 is 0 Å². The number of rotatable bonds is 4. The summed E-state index contributed by atoms with van der Waals surface area (Å²) in [6, 6.07) is 8.59. The molecule has 3 rings (SSSR count). The van der Waals surface area contributed by atoms with Gasteiger partial charge in [0.2, 0.25) is 5.88 Å². The summed E-state index contributed by atoms with van der Waals surface area (Å²) in [5.74, 6) is -0.321. The van der Waals surface area contributed by atoms with Crippen LogP contribution in [0, 0.1) is 6.92 Å². The number of ether oxygens (including phenoxy) is 3. The van der Waals surface area contributed by atoms with Crippen molar-refractivity contribution in [2.45, 2.75) is 19.8 Å². The molecule has 0 amide bonds. The molecule has 0 spiro atoms. The summed E-state index contributed by atoms with van der Waals surface area (Å²) in [5.41, 5.74) is 6.31. The van der Waals surface area contributed by atoms with E-state index in [9.17, 15) is 9.59 Å². The number of aryl methyl sites for hydroxylation is 1. The molecule has 136 valence electrons. The molecule has 26 heavy (non-hydrogen) atoms. The van der Waals surface area contributed by atoms with Crippen molar-refractivity contribution in [1.82, 2.24) is 0 Å². The van der Waals surface area contributed by atoms with E-state index < -0.39 is 17.5 Å². The quantitative estimate of drug-likeness (QED) is 0.837. The molecule has 0 aliphatic carbocycles. The molecule has 0 saturated heterocycles. The van der Waals surface area contributed by atoms with Crippen molar-refractivity contribution >= 4 is 5.97 Å². The second kappa shape index (κ2) is 6.95. The Morgan fingerprint density at radius 3 is 2.77 bits per heavy atom. The number of carbonyl (C=O) groups excluding carboxylic acids is 1. The van der Waals surface area contributed by atoms with Crippen molar-refractivity contribution in [2.24, 2.45) is 5.73 Å². The number of esters is 1. The summed E-state index contributed by atoms with van der Waals surface area (Å²) in [6.07, 6.45) is 0. The maximum Gasteiger partial charge on any atom is 0.343 e. The highest BCUT2D eigenvalue weighted by molar-refractivity contribution is 5.92. The highest BCUT2D eigenvalue weighted by atomic mass is 16.5. The van der Waals surface area contributed by atoms with Gasteiger partial charge in [0.15, 0.2) is 0 Å². The van der Waals surface area contributed by atoms with Gasteiger partial charge in [-0.25, -0.2) is 9.59 Å². The molecule has 1 aromatic heterocycles. The normalized spacial score (nSPS) is 15.9. The van der Waals surface area contributed by atoms with Crippen LogP contribution in [0.4, 0.5) is 0 Å². The van der Waals surface area contributed by atoms with E-state index in [4.69, 9.17) is 24.4 Å². The molecule has 0 fully saturated rings. The lowest BCUT2D eigenvalue weighted by Crippen LogP contribution is -2.31. The summed E-state index contributed by atoms with van der Waals surface area (Å²) < 4.78 is 21.1. The lowest BCUT2D eigenvalue weighted by molar-refractivity contribution is -0.139. The number of methoxy groups -OCH3 is 1. The van der Waals surface area contributed by atoms with Gasteiger partial charge in [0.05, 0.1) is 25.2 Å². The SMILES string of the molecule is CCOC(=O)C1=C(N)Oc2cc(C)oc(=O)c2C1c1cccc(OC)c1. The van der Waals surface area contributed by atoms with Gasteiger partial charge in [0.25, 0.3) is 0 Å². The first kappa shape index (κ1) is 17.6. The number of hydrogen-bond donors (Lipinski definition) is 1. The molecule has 7 heteroatoms. The smallest absolute Gasteiger partial charge is 0.343 e. The summed E-state index contributed by atoms with van der Waals surface area (Å²) in [5, 5.41) is 0. The van der Waals surface area contributed by atoms with Gasteiger partial charge in [-0.05, 0) is 31.5 Å². The zero-order valence-electron chi connectivity index (χ0n) is 14.7. The summed E-state index contributed by atoms with van der Waals surface area (Å²) in [6.45, 7) is 3.48. The van der Waals surface area contributed by atoms with Crippen LogP contribution in [-0.2, 0) is 9.53 Å². The van der Waals surface area contributed by atoms with Crippen molar-refractivity contribution in [3.05, 3.63) is 69.1 Å². The first-order valence-electron chi connectivity index (χ1n) is 8.09. The second-order valence-corrected chi connectivity index (χ2v) is 5.73. The number of hydrogen-bond acceptors (Lipinski definition) is 7. The first-order valence-corrected chi connectivity index (χ1v) is 8.09. The van der Waals surface area contributed by atoms with Crippen molar-refractivity contribution < 1.29 is 23.4 Å². The Labute approximate surface area is 150 Å². The van der Waals surface area contributed by atoms with Crippen LogP contribution in [0.15, 0.2) is 51.0 Å². The van der Waals surface area contributed by atoms with Gasteiger partial charge in [0.1, 0.15) is 22.8 Å². The third-order valence-electron chi connectivity index (χ3n) is 4.06. The van der Waals surface area contributed by atoms with Crippen LogP contribution in [0.1, 0.15) is 29.7 Å². The minimum absolute atomic E-state index is 0.0590. The van der Waals surface area contributed by atoms with Crippen LogP contribution in [0.25, 0.3) is 0 Å². The molecule has 1 aliphatic heterocycles. The molecule has 1 aromatic carbocycles. The molecule has 2 N–H and O–H groups in total. The molecule has 2 heterocycles. The van der Waals surface area contributed by atoms with E-state index in [1.807, 2.05) is 0 Å². The Kier molecular flexibility index (Phi) is 4.71. The molecule has 1 atom stereocenters. The predicted molar refractivity (Wildman–Crippen MR) is 93.0 cm³/mol. The average Bonchev–Trinajstić information content (AvgIpc) is 2.60. The molecule has 7 nitrogen and oxygen atoms in total. The van der Waals surface area contributed by atoms with Gasteiger partial charge in [-0.3, -0.25) is 0 Å². The Bertz CT molecular complexity index is 943. The molecule has 0 bridgehead atoms. The van der Waals surface area contributed by atoms with Gasteiger partial charge in [-0.1, -0.05) is 12.1 Å². The Morgan fingerprint density at radius 1 is 1.31 bits per heavy atom. The largest absolute Gasteiger partial charge is 0.497 e. The number of carbonyl (C=O) groups is 1. The van der Waals surface area contributed by atoms with E-state index >= 15 is 0 Å². The van der Waals surface area contributed by atoms with Crippen molar-refractivity contribution in [3.8, 4) is 11.5 Å². The lowest BCUT2D eigenvalue weighted by Gasteiger charge is -2.27. The first-order chi connectivity index (χ1) is 12.5. The third kappa shape index (κ3) is 3.03. The zero-order chi connectivity index (χ0) is 18.8. The van der Waals surface area contributed by atoms with Gasteiger partial charge in [-0.2, -0.15) is 0 Å². The second-order valence-electron chi connectivity index (χ2n) is 5.73. The van der Waals surface area contributed by atoms with Crippen molar-refractivity contribution in [3.63, 3.8) is 0 Å². The maximum absolute atomic E-state index is 12.6. The third-order valence-corrected chi connectivity index (χ3v) is 4.06. The summed E-state index contributed by atoms with van der Waals surface area (Å²) in [4.78, 5) is 25.1. The van der Waals surface area contributed by atoms with Gasteiger partial charge in [0, 0.05) is 6.07 Å². The average molecular weight is 357 g/mol. The van der Waals surface area contributed by atoms with E-state index in [2.05, 4.69) is 0 Å². The van der Waals surface area contributed by atoms with E-state index in [-0.39, 0.29) is 29.4 Å². The monoisotopic (exact) mass is 357 g/mol. The number of benzene rings is 1. The van der Waals surface area contributed by atoms with Crippen LogP contribution in [0.2, 0.25) is 0 Å².